The molecule has 2 rings (SSSR count). The lowest BCUT2D eigenvalue weighted by molar-refractivity contribution is 0.358. The van der Waals surface area contributed by atoms with Gasteiger partial charge in [0.05, 0.1) is 18.0 Å². The maximum atomic E-state index is 8.87. The molecule has 1 aliphatic heterocycles. The summed E-state index contributed by atoms with van der Waals surface area (Å²) in [6.07, 6.45) is 3.74. The number of aliphatic hydroxyl groups excluding tert-OH is 1. The van der Waals surface area contributed by atoms with Crippen molar-refractivity contribution in [2.24, 2.45) is 5.10 Å². The van der Waals surface area contributed by atoms with Gasteiger partial charge >= 0.3 is 0 Å². The van der Waals surface area contributed by atoms with Crippen LogP contribution < -0.4 is 5.43 Å². The highest BCUT2D eigenvalue weighted by Crippen LogP contribution is 2.18. The van der Waals surface area contributed by atoms with Crippen LogP contribution in [0.1, 0.15) is 5.56 Å². The highest BCUT2D eigenvalue weighted by Gasteiger charge is 2.01. The molecule has 1 aromatic carbocycles. The Kier molecular flexibility index (Phi) is 2.10. The van der Waals surface area contributed by atoms with Crippen molar-refractivity contribution in [3.8, 4) is 0 Å². The van der Waals surface area contributed by atoms with Crippen LogP contribution in [0.2, 0.25) is 0 Å². The first-order valence-corrected chi connectivity index (χ1v) is 4.11. The molecule has 0 radical (unpaired) electrons. The van der Waals surface area contributed by atoms with E-state index in [-0.39, 0.29) is 6.61 Å². The minimum absolute atomic E-state index is 0.0442. The van der Waals surface area contributed by atoms with Crippen molar-refractivity contribution in [1.29, 1.82) is 0 Å². The van der Waals surface area contributed by atoms with Gasteiger partial charge in [0.25, 0.3) is 0 Å². The average Bonchev–Trinajstić information content (AvgIpc) is 2.39. The van der Waals surface area contributed by atoms with Gasteiger partial charge in [-0.3, -0.25) is 5.43 Å². The third kappa shape index (κ3) is 1.60. The lowest BCUT2D eigenvalue weighted by atomic mass is 10.1. The number of rotatable bonds is 1. The van der Waals surface area contributed by atoms with E-state index >= 15 is 0 Å². The number of hydrogen-bond acceptors (Lipinski definition) is 3. The summed E-state index contributed by atoms with van der Waals surface area (Å²) in [6, 6.07) is 7.85. The highest BCUT2D eigenvalue weighted by molar-refractivity contribution is 6.01. The Morgan fingerprint density at radius 3 is 2.92 bits per heavy atom. The number of nitrogens with one attached hydrogen (secondary N) is 1. The number of nitrogens with zero attached hydrogens (tertiary/aromatic N) is 1. The van der Waals surface area contributed by atoms with Crippen LogP contribution in [0, 0.1) is 0 Å². The smallest absolute Gasteiger partial charge is 0.0870 e. The zero-order valence-electron chi connectivity index (χ0n) is 7.07. The maximum Gasteiger partial charge on any atom is 0.0870 e. The number of para-hydroxylation sites is 1. The Bertz CT molecular complexity index is 369. The predicted molar refractivity (Wildman–Crippen MR) is 53.6 cm³/mol. The summed E-state index contributed by atoms with van der Waals surface area (Å²) in [7, 11) is 0. The number of anilines is 1. The standard InChI is InChI=1S/C10H10N2O/c13-7-9-6-5-8-3-1-2-4-10(8)12-11-9/h1-6,12-13H,7H2. The molecule has 0 saturated carbocycles. The van der Waals surface area contributed by atoms with Crippen LogP contribution in [0.4, 0.5) is 5.69 Å². The van der Waals surface area contributed by atoms with E-state index in [9.17, 15) is 0 Å². The molecule has 0 atom stereocenters. The molecule has 0 amide bonds. The number of hydrazone groups is 1. The van der Waals surface area contributed by atoms with E-state index in [1.54, 1.807) is 6.08 Å². The third-order valence-corrected chi connectivity index (χ3v) is 1.90. The van der Waals surface area contributed by atoms with Gasteiger partial charge in [-0.05, 0) is 17.7 Å². The Labute approximate surface area is 76.4 Å². The quantitative estimate of drug-likeness (QED) is 0.677. The van der Waals surface area contributed by atoms with Crippen molar-refractivity contribution < 1.29 is 5.11 Å². The average molecular weight is 174 g/mol. The monoisotopic (exact) mass is 174 g/mol. The fourth-order valence-corrected chi connectivity index (χ4v) is 1.19. The molecule has 0 aliphatic carbocycles. The van der Waals surface area contributed by atoms with Gasteiger partial charge in [-0.15, -0.1) is 0 Å². The number of benzene rings is 1. The van der Waals surface area contributed by atoms with Crippen LogP contribution in [-0.4, -0.2) is 17.4 Å². The Balaban J connectivity index is 2.39. The van der Waals surface area contributed by atoms with Crippen molar-refractivity contribution in [2.75, 3.05) is 12.0 Å². The lowest BCUT2D eigenvalue weighted by Gasteiger charge is -2.01. The zero-order valence-corrected chi connectivity index (χ0v) is 7.07. The molecular weight excluding hydrogens is 164 g/mol. The van der Waals surface area contributed by atoms with Gasteiger partial charge in [0.2, 0.25) is 0 Å². The molecule has 13 heavy (non-hydrogen) atoms. The minimum Gasteiger partial charge on any atom is -0.390 e. The summed E-state index contributed by atoms with van der Waals surface area (Å²) in [5.41, 5.74) is 5.57. The molecule has 0 spiro atoms. The maximum absolute atomic E-state index is 8.87. The Hall–Kier alpha value is -1.61. The summed E-state index contributed by atoms with van der Waals surface area (Å²) in [5.74, 6) is 0. The number of hydrogen-bond donors (Lipinski definition) is 2. The molecule has 66 valence electrons. The first-order chi connectivity index (χ1) is 6.40. The van der Waals surface area contributed by atoms with Gasteiger partial charge in [0, 0.05) is 0 Å². The SMILES string of the molecule is OCC1=NNc2ccccc2C=C1. The van der Waals surface area contributed by atoms with Crippen LogP contribution >= 0.6 is 0 Å². The van der Waals surface area contributed by atoms with Crippen molar-refractivity contribution in [3.63, 3.8) is 0 Å². The predicted octanol–water partition coefficient (Wildman–Crippen LogP) is 1.47. The van der Waals surface area contributed by atoms with Crippen LogP contribution in [0.25, 0.3) is 6.08 Å². The number of fused-ring (bicyclic) bond motifs is 1. The van der Waals surface area contributed by atoms with Crippen molar-refractivity contribution in [2.45, 2.75) is 0 Å². The second-order valence-electron chi connectivity index (χ2n) is 2.79. The van der Waals surface area contributed by atoms with E-state index in [4.69, 9.17) is 5.11 Å². The molecule has 0 fully saturated rings. The third-order valence-electron chi connectivity index (χ3n) is 1.90. The van der Waals surface area contributed by atoms with Gasteiger partial charge in [0.1, 0.15) is 0 Å². The molecule has 3 nitrogen and oxygen atoms in total. The fraction of sp³-hybridized carbons (Fsp3) is 0.100. The summed E-state index contributed by atoms with van der Waals surface area (Å²) in [6.45, 7) is -0.0442. The minimum atomic E-state index is -0.0442. The van der Waals surface area contributed by atoms with Gasteiger partial charge in [-0.2, -0.15) is 5.10 Å². The topological polar surface area (TPSA) is 44.6 Å². The number of aliphatic hydroxyl groups is 1. The molecule has 0 bridgehead atoms. The molecule has 1 heterocycles. The molecule has 0 saturated heterocycles. The van der Waals surface area contributed by atoms with E-state index in [0.29, 0.717) is 5.71 Å². The molecular formula is C10H10N2O. The molecule has 2 N–H and O–H groups in total. The van der Waals surface area contributed by atoms with Crippen LogP contribution in [-0.2, 0) is 0 Å². The summed E-state index contributed by atoms with van der Waals surface area (Å²) in [4.78, 5) is 0. The van der Waals surface area contributed by atoms with Crippen LogP contribution in [0.15, 0.2) is 35.4 Å². The fourth-order valence-electron chi connectivity index (χ4n) is 1.19. The summed E-state index contributed by atoms with van der Waals surface area (Å²) < 4.78 is 0. The summed E-state index contributed by atoms with van der Waals surface area (Å²) in [5, 5.41) is 12.9. The molecule has 3 heteroatoms. The summed E-state index contributed by atoms with van der Waals surface area (Å²) >= 11 is 0. The molecule has 1 aromatic rings. The first-order valence-electron chi connectivity index (χ1n) is 4.11. The van der Waals surface area contributed by atoms with Gasteiger partial charge in [0.15, 0.2) is 0 Å². The van der Waals surface area contributed by atoms with Crippen molar-refractivity contribution in [3.05, 3.63) is 35.9 Å². The molecule has 1 aliphatic rings. The Morgan fingerprint density at radius 1 is 1.23 bits per heavy atom. The second kappa shape index (κ2) is 3.41. The largest absolute Gasteiger partial charge is 0.390 e. The van der Waals surface area contributed by atoms with Crippen LogP contribution in [0.5, 0.6) is 0 Å². The zero-order chi connectivity index (χ0) is 9.10. The van der Waals surface area contributed by atoms with Crippen molar-refractivity contribution >= 4 is 17.5 Å². The molecule has 0 aromatic heterocycles. The Morgan fingerprint density at radius 2 is 2.08 bits per heavy atom. The van der Waals surface area contributed by atoms with Crippen LogP contribution in [0.3, 0.4) is 0 Å². The van der Waals surface area contributed by atoms with E-state index in [1.807, 2.05) is 30.3 Å². The van der Waals surface area contributed by atoms with Gasteiger partial charge in [-0.1, -0.05) is 24.3 Å². The van der Waals surface area contributed by atoms with E-state index in [2.05, 4.69) is 10.5 Å². The van der Waals surface area contributed by atoms with E-state index in [0.717, 1.165) is 11.3 Å². The van der Waals surface area contributed by atoms with Gasteiger partial charge in [-0.25, -0.2) is 0 Å². The first kappa shape index (κ1) is 8.01. The molecule has 0 unspecified atom stereocenters. The van der Waals surface area contributed by atoms with Gasteiger partial charge < -0.3 is 5.11 Å². The lowest BCUT2D eigenvalue weighted by Crippen LogP contribution is -2.02. The normalized spacial score (nSPS) is 14.1. The van der Waals surface area contributed by atoms with E-state index < -0.39 is 0 Å². The van der Waals surface area contributed by atoms with Crippen molar-refractivity contribution in [1.82, 2.24) is 0 Å². The highest BCUT2D eigenvalue weighted by atomic mass is 16.3. The second-order valence-corrected chi connectivity index (χ2v) is 2.79. The van der Waals surface area contributed by atoms with E-state index in [1.165, 1.54) is 0 Å².